The Balaban J connectivity index is 2.91. The fourth-order valence-corrected chi connectivity index (χ4v) is 10.1. The summed E-state index contributed by atoms with van der Waals surface area (Å²) in [6.45, 7) is 4.27. The molecule has 0 spiro atoms. The normalized spacial score (nSPS) is 18.6. The third-order valence-corrected chi connectivity index (χ3v) is 15.4. The molecule has 0 amide bonds. The average molecular weight is 365 g/mol. The van der Waals surface area contributed by atoms with Gasteiger partial charge < -0.3 is 0 Å². The molecule has 0 unspecified atom stereocenters. The Morgan fingerprint density at radius 3 is 2.71 bits per heavy atom. The van der Waals surface area contributed by atoms with Crippen molar-refractivity contribution in [3.63, 3.8) is 0 Å². The molecule has 1 aliphatic rings. The quantitative estimate of drug-likeness (QED) is 0.683. The number of rotatable bonds is 4. The Labute approximate surface area is 89.9 Å². The van der Waals surface area contributed by atoms with Crippen LogP contribution in [0, 0.1) is 4.91 Å². The van der Waals surface area contributed by atoms with Crippen molar-refractivity contribution >= 4 is 0 Å². The van der Waals surface area contributed by atoms with E-state index in [9.17, 15) is 4.91 Å². The van der Waals surface area contributed by atoms with Gasteiger partial charge >= 0.3 is 89.9 Å². The molecule has 1 rings (SSSR count). The van der Waals surface area contributed by atoms with E-state index in [-0.39, 0.29) is 0 Å². The predicted octanol–water partition coefficient (Wildman–Crippen LogP) is 4.32. The van der Waals surface area contributed by atoms with Crippen molar-refractivity contribution in [3.8, 4) is 0 Å². The molecule has 0 aliphatic heterocycles. The van der Waals surface area contributed by atoms with Crippen LogP contribution in [0.15, 0.2) is 25.9 Å². The number of hydrogen-bond donors (Lipinski definition) is 0. The van der Waals surface area contributed by atoms with Gasteiger partial charge in [-0.3, -0.25) is 0 Å². The molecule has 1 aliphatic carbocycles. The van der Waals surface area contributed by atoms with Crippen molar-refractivity contribution < 1.29 is 16.3 Å². The Morgan fingerprint density at radius 2 is 2.14 bits per heavy atom. The van der Waals surface area contributed by atoms with Gasteiger partial charge in [0.25, 0.3) is 0 Å². The summed E-state index contributed by atoms with van der Waals surface area (Å²) in [5.41, 5.74) is 0. The molecule has 80 valence electrons. The van der Waals surface area contributed by atoms with E-state index < -0.39 is 16.3 Å². The van der Waals surface area contributed by atoms with Crippen molar-refractivity contribution in [1.82, 2.24) is 0 Å². The molecule has 3 heteroatoms. The molecule has 14 heavy (non-hydrogen) atoms. The standard InChI is InChI=1S/C7H9.2C2H5.NO.W/c1-2-4-6-7-5-3-1;3*1-2;/h1-3H,4,6-7H2;2*1H2,2H3;;/q;;;-1;+1. The zero-order valence-electron chi connectivity index (χ0n) is 9.03. The van der Waals surface area contributed by atoms with Gasteiger partial charge in [0.2, 0.25) is 0 Å². The third-order valence-electron chi connectivity index (χ3n) is 2.80. The molecular formula is C11H19NOW. The van der Waals surface area contributed by atoms with E-state index in [1.54, 1.807) is 0 Å². The molecule has 0 heterocycles. The maximum atomic E-state index is 11.1. The van der Waals surface area contributed by atoms with Crippen LogP contribution < -0.4 is 0 Å². The molecule has 0 aromatic heterocycles. The molecule has 2 nitrogen and oxygen atoms in total. The van der Waals surface area contributed by atoms with E-state index in [1.807, 2.05) is 0 Å². The summed E-state index contributed by atoms with van der Waals surface area (Å²) in [5, 5.41) is 0. The SMILES string of the molecule is C[CH2][W]([CH2]C)([N]=O)[C]1=CC=CCCC1. The van der Waals surface area contributed by atoms with Crippen molar-refractivity contribution in [3.05, 3.63) is 27.1 Å². The average Bonchev–Trinajstić information content (AvgIpc) is 2.51. The zero-order valence-corrected chi connectivity index (χ0v) is 12.0. The monoisotopic (exact) mass is 365 g/mol. The summed E-state index contributed by atoms with van der Waals surface area (Å²) >= 11 is -2.74. The van der Waals surface area contributed by atoms with Crippen LogP contribution in [0.2, 0.25) is 9.62 Å². The van der Waals surface area contributed by atoms with Crippen LogP contribution in [0.3, 0.4) is 0 Å². The second-order valence-corrected chi connectivity index (χ2v) is 16.1. The molecule has 0 aromatic rings. The molecule has 0 aromatic carbocycles. The first-order chi connectivity index (χ1) is 6.79. The summed E-state index contributed by atoms with van der Waals surface area (Å²) in [4.78, 5) is 13.1. The van der Waals surface area contributed by atoms with E-state index in [2.05, 4.69) is 35.8 Å². The fourth-order valence-electron chi connectivity index (χ4n) is 1.79. The van der Waals surface area contributed by atoms with Crippen LogP contribution in [0.5, 0.6) is 0 Å². The van der Waals surface area contributed by atoms with Gasteiger partial charge in [0.1, 0.15) is 0 Å². The molecule has 0 atom stereocenters. The Morgan fingerprint density at radius 1 is 1.43 bits per heavy atom. The van der Waals surface area contributed by atoms with E-state index in [0.717, 1.165) is 22.5 Å². The van der Waals surface area contributed by atoms with E-state index in [0.29, 0.717) is 0 Å². The topological polar surface area (TPSA) is 29.4 Å². The summed E-state index contributed by atoms with van der Waals surface area (Å²) in [7, 11) is 0. The van der Waals surface area contributed by atoms with Crippen LogP contribution in [-0.4, -0.2) is 0 Å². The first-order valence-corrected chi connectivity index (χ1v) is 12.2. The molecular weight excluding hydrogens is 346 g/mol. The van der Waals surface area contributed by atoms with Crippen LogP contribution in [0.1, 0.15) is 33.1 Å². The number of nitroso groups, excluding NO2 is 1. The second-order valence-electron chi connectivity index (χ2n) is 3.45. The third kappa shape index (κ3) is 2.42. The predicted molar refractivity (Wildman–Crippen MR) is 57.8 cm³/mol. The van der Waals surface area contributed by atoms with Gasteiger partial charge in [0.15, 0.2) is 0 Å². The van der Waals surface area contributed by atoms with Crippen LogP contribution in [-0.2, 0) is 16.3 Å². The van der Waals surface area contributed by atoms with Gasteiger partial charge in [0, 0.05) is 0 Å². The van der Waals surface area contributed by atoms with Crippen LogP contribution in [0.25, 0.3) is 0 Å². The van der Waals surface area contributed by atoms with Gasteiger partial charge in [0.05, 0.1) is 0 Å². The van der Waals surface area contributed by atoms with Crippen molar-refractivity contribution in [1.29, 1.82) is 0 Å². The molecule has 0 saturated heterocycles. The van der Waals surface area contributed by atoms with Crippen molar-refractivity contribution in [2.75, 3.05) is 0 Å². The van der Waals surface area contributed by atoms with Crippen molar-refractivity contribution in [2.24, 2.45) is 3.74 Å². The summed E-state index contributed by atoms with van der Waals surface area (Å²) < 4.78 is 5.00. The van der Waals surface area contributed by atoms with Gasteiger partial charge in [-0.1, -0.05) is 0 Å². The molecule has 0 bridgehead atoms. The molecule has 0 saturated carbocycles. The first-order valence-electron chi connectivity index (χ1n) is 5.28. The number of nitrogens with zero attached hydrogens (tertiary/aromatic N) is 1. The Hall–Kier alpha value is -0.232. The first kappa shape index (κ1) is 11.8. The van der Waals surface area contributed by atoms with Crippen LogP contribution >= 0.6 is 0 Å². The molecule has 0 radical (unpaired) electrons. The summed E-state index contributed by atoms with van der Waals surface area (Å²) in [6, 6.07) is 0. The van der Waals surface area contributed by atoms with Crippen molar-refractivity contribution in [2.45, 2.75) is 42.7 Å². The van der Waals surface area contributed by atoms with E-state index in [1.165, 1.54) is 10.4 Å². The maximum absolute atomic E-state index is 11.1. The van der Waals surface area contributed by atoms with Gasteiger partial charge in [-0.05, 0) is 0 Å². The Bertz CT molecular complexity index is 254. The fraction of sp³-hybridized carbons (Fsp3) is 0.636. The minimum absolute atomic E-state index is 1.02. The molecule has 0 fully saturated rings. The van der Waals surface area contributed by atoms with Gasteiger partial charge in [-0.15, -0.1) is 0 Å². The second kappa shape index (κ2) is 5.60. The van der Waals surface area contributed by atoms with Crippen LogP contribution in [0.4, 0.5) is 0 Å². The van der Waals surface area contributed by atoms with Gasteiger partial charge in [-0.25, -0.2) is 0 Å². The summed E-state index contributed by atoms with van der Waals surface area (Å²) in [6.07, 6.45) is 9.93. The molecule has 0 N–H and O–H groups in total. The van der Waals surface area contributed by atoms with E-state index >= 15 is 0 Å². The zero-order chi connectivity index (χ0) is 10.4. The Kier molecular flexibility index (Phi) is 4.74. The minimum atomic E-state index is -2.74. The van der Waals surface area contributed by atoms with E-state index in [4.69, 9.17) is 0 Å². The van der Waals surface area contributed by atoms with Gasteiger partial charge in [-0.2, -0.15) is 0 Å². The number of hydrogen-bond acceptors (Lipinski definition) is 2. The summed E-state index contributed by atoms with van der Waals surface area (Å²) in [5.74, 6) is 0. The number of allylic oxidation sites excluding steroid dienone is 4.